The lowest BCUT2D eigenvalue weighted by Gasteiger charge is -2.34. The van der Waals surface area contributed by atoms with Crippen molar-refractivity contribution in [3.8, 4) is 11.4 Å². The van der Waals surface area contributed by atoms with Gasteiger partial charge in [0.2, 0.25) is 10.0 Å². The maximum atomic E-state index is 12.1. The van der Waals surface area contributed by atoms with Gasteiger partial charge in [-0.3, -0.25) is 0 Å². The van der Waals surface area contributed by atoms with Gasteiger partial charge in [0.05, 0.1) is 15.9 Å². The Hall–Kier alpha value is -3.21. The highest BCUT2D eigenvalue weighted by Crippen LogP contribution is 2.41. The number of aromatic nitrogens is 4. The molecule has 6 rings (SSSR count). The highest BCUT2D eigenvalue weighted by molar-refractivity contribution is 7.89. The zero-order valence-electron chi connectivity index (χ0n) is 24.5. The molecule has 0 radical (unpaired) electrons. The fraction of sp³-hybridized carbons (Fsp3) is 0.484. The summed E-state index contributed by atoms with van der Waals surface area (Å²) in [6.45, 7) is 10.7. The first-order valence-electron chi connectivity index (χ1n) is 14.6. The lowest BCUT2D eigenvalue weighted by atomic mass is 9.85. The second kappa shape index (κ2) is 10.6. The van der Waals surface area contributed by atoms with E-state index in [1.807, 2.05) is 12.3 Å². The van der Waals surface area contributed by atoms with Crippen LogP contribution < -0.4 is 10.0 Å². The molecule has 2 aliphatic rings. The van der Waals surface area contributed by atoms with Crippen LogP contribution in [0.2, 0.25) is 0 Å². The molecule has 1 saturated carbocycles. The summed E-state index contributed by atoms with van der Waals surface area (Å²) in [7, 11) is -1.66. The summed E-state index contributed by atoms with van der Waals surface area (Å²) in [4.78, 5) is 18.2. The van der Waals surface area contributed by atoms with Crippen LogP contribution in [0.25, 0.3) is 22.4 Å². The maximum Gasteiger partial charge on any atom is 0.238 e. The third kappa shape index (κ3) is 5.65. The Morgan fingerprint density at radius 3 is 2.24 bits per heavy atom. The number of nitrogens with zero attached hydrogens (tertiary/aromatic N) is 5. The SMILES string of the molecule is CN1CCN(c2ccc(-c3nc4cc(S(N)(=O)=O)ccc4n3C3CCC(c4ncc(C(C)(C)C)[nH]4)CC3)cc2)CC1. The van der Waals surface area contributed by atoms with E-state index in [1.165, 1.54) is 11.4 Å². The highest BCUT2D eigenvalue weighted by atomic mass is 32.2. The number of imidazole rings is 2. The van der Waals surface area contributed by atoms with Crippen LogP contribution in [0.1, 0.15) is 69.9 Å². The average molecular weight is 576 g/mol. The van der Waals surface area contributed by atoms with Gasteiger partial charge in [0, 0.05) is 66.7 Å². The third-order valence-electron chi connectivity index (χ3n) is 8.84. The molecule has 0 bridgehead atoms. The summed E-state index contributed by atoms with van der Waals surface area (Å²) in [6.07, 6.45) is 6.02. The van der Waals surface area contributed by atoms with Gasteiger partial charge < -0.3 is 19.4 Å². The molecule has 1 aliphatic carbocycles. The Balaban J connectivity index is 1.31. The molecular formula is C31H41N7O2S. The number of likely N-dealkylation sites (N-methyl/N-ethyl adjacent to an activating group) is 1. The molecule has 0 atom stereocenters. The van der Waals surface area contributed by atoms with E-state index in [2.05, 4.69) is 71.4 Å². The highest BCUT2D eigenvalue weighted by Gasteiger charge is 2.29. The van der Waals surface area contributed by atoms with Crippen molar-refractivity contribution in [2.75, 3.05) is 38.1 Å². The number of hydrogen-bond acceptors (Lipinski definition) is 6. The second-order valence-electron chi connectivity index (χ2n) is 12.8. The molecule has 1 aliphatic heterocycles. The Morgan fingerprint density at radius 2 is 1.63 bits per heavy atom. The van der Waals surface area contributed by atoms with Crippen LogP contribution in [-0.4, -0.2) is 66.1 Å². The lowest BCUT2D eigenvalue weighted by Crippen LogP contribution is -2.44. The van der Waals surface area contributed by atoms with Crippen molar-refractivity contribution in [3.05, 3.63) is 60.2 Å². The molecule has 0 spiro atoms. The molecule has 2 fully saturated rings. The summed E-state index contributed by atoms with van der Waals surface area (Å²) >= 11 is 0. The van der Waals surface area contributed by atoms with Crippen LogP contribution >= 0.6 is 0 Å². The first-order chi connectivity index (χ1) is 19.5. The quantitative estimate of drug-likeness (QED) is 0.345. The summed E-state index contributed by atoms with van der Waals surface area (Å²) in [5.41, 5.74) is 5.05. The van der Waals surface area contributed by atoms with Crippen molar-refractivity contribution >= 4 is 26.7 Å². The second-order valence-corrected chi connectivity index (χ2v) is 14.3. The normalized spacial score (nSPS) is 21.0. The topological polar surface area (TPSA) is 113 Å². The van der Waals surface area contributed by atoms with Crippen LogP contribution in [-0.2, 0) is 15.4 Å². The van der Waals surface area contributed by atoms with E-state index in [4.69, 9.17) is 15.1 Å². The third-order valence-corrected chi connectivity index (χ3v) is 9.75. The Kier molecular flexibility index (Phi) is 7.20. The smallest absolute Gasteiger partial charge is 0.238 e. The van der Waals surface area contributed by atoms with Crippen molar-refractivity contribution in [2.45, 2.75) is 68.7 Å². The molecule has 41 heavy (non-hydrogen) atoms. The van der Waals surface area contributed by atoms with Gasteiger partial charge in [-0.1, -0.05) is 20.8 Å². The number of H-pyrrole nitrogens is 1. The van der Waals surface area contributed by atoms with Crippen LogP contribution in [0.4, 0.5) is 5.69 Å². The van der Waals surface area contributed by atoms with Gasteiger partial charge in [0.25, 0.3) is 0 Å². The number of primary sulfonamides is 1. The molecule has 4 aromatic rings. The van der Waals surface area contributed by atoms with Gasteiger partial charge >= 0.3 is 0 Å². The van der Waals surface area contributed by atoms with Crippen molar-refractivity contribution in [3.63, 3.8) is 0 Å². The number of fused-ring (bicyclic) bond motifs is 1. The van der Waals surface area contributed by atoms with Gasteiger partial charge in [-0.15, -0.1) is 0 Å². The fourth-order valence-electron chi connectivity index (χ4n) is 6.25. The van der Waals surface area contributed by atoms with Crippen molar-refractivity contribution < 1.29 is 8.42 Å². The van der Waals surface area contributed by atoms with Crippen LogP contribution in [0.3, 0.4) is 0 Å². The van der Waals surface area contributed by atoms with Gasteiger partial charge in [0.1, 0.15) is 11.6 Å². The number of nitrogens with one attached hydrogen (secondary N) is 1. The number of piperazine rings is 1. The molecule has 2 aromatic carbocycles. The molecule has 3 heterocycles. The first kappa shape index (κ1) is 27.9. The van der Waals surface area contributed by atoms with E-state index in [0.29, 0.717) is 11.4 Å². The average Bonchev–Trinajstić information content (AvgIpc) is 3.59. The van der Waals surface area contributed by atoms with E-state index in [0.717, 1.165) is 74.6 Å². The van der Waals surface area contributed by atoms with Crippen LogP contribution in [0, 0.1) is 0 Å². The van der Waals surface area contributed by atoms with E-state index in [9.17, 15) is 8.42 Å². The van der Waals surface area contributed by atoms with Gasteiger partial charge in [-0.05, 0) is 75.2 Å². The van der Waals surface area contributed by atoms with Gasteiger partial charge in [0.15, 0.2) is 0 Å². The van der Waals surface area contributed by atoms with Crippen molar-refractivity contribution in [2.24, 2.45) is 5.14 Å². The number of sulfonamides is 1. The first-order valence-corrected chi connectivity index (χ1v) is 16.2. The predicted molar refractivity (Wildman–Crippen MR) is 164 cm³/mol. The maximum absolute atomic E-state index is 12.1. The molecule has 0 unspecified atom stereocenters. The zero-order chi connectivity index (χ0) is 28.9. The largest absolute Gasteiger partial charge is 0.369 e. The Morgan fingerprint density at radius 1 is 0.951 bits per heavy atom. The minimum atomic E-state index is -3.82. The summed E-state index contributed by atoms with van der Waals surface area (Å²) in [5.74, 6) is 2.35. The van der Waals surface area contributed by atoms with Gasteiger partial charge in [-0.25, -0.2) is 23.5 Å². The minimum absolute atomic E-state index is 0.0445. The standard InChI is InChI=1S/C31H41N7O2S/c1-31(2,3)28-20-33-29(35-28)21-5-11-24(12-6-21)38-27-14-13-25(41(32,39)40)19-26(27)34-30(38)22-7-9-23(10-8-22)37-17-15-36(4)16-18-37/h7-10,13-14,19-21,24H,5-6,11-12,15-18H2,1-4H3,(H,33,35)(H2,32,39,40). The minimum Gasteiger partial charge on any atom is -0.369 e. The Bertz CT molecular complexity index is 1630. The number of aromatic amines is 1. The molecule has 9 nitrogen and oxygen atoms in total. The van der Waals surface area contributed by atoms with Crippen LogP contribution in [0.5, 0.6) is 0 Å². The number of rotatable bonds is 5. The summed E-state index contributed by atoms with van der Waals surface area (Å²) in [5, 5.41) is 5.46. The zero-order valence-corrected chi connectivity index (χ0v) is 25.3. The monoisotopic (exact) mass is 575 g/mol. The number of hydrogen-bond donors (Lipinski definition) is 2. The van der Waals surface area contributed by atoms with Crippen molar-refractivity contribution in [1.29, 1.82) is 0 Å². The molecule has 2 aromatic heterocycles. The van der Waals surface area contributed by atoms with Gasteiger partial charge in [-0.2, -0.15) is 0 Å². The molecule has 0 amide bonds. The summed E-state index contributed by atoms with van der Waals surface area (Å²) < 4.78 is 26.5. The lowest BCUT2D eigenvalue weighted by molar-refractivity contribution is 0.313. The van der Waals surface area contributed by atoms with Crippen molar-refractivity contribution in [1.82, 2.24) is 24.4 Å². The molecular weight excluding hydrogens is 534 g/mol. The molecule has 218 valence electrons. The number of anilines is 1. The number of nitrogens with two attached hydrogens (primary N) is 1. The van der Waals surface area contributed by atoms with E-state index in [-0.39, 0.29) is 16.4 Å². The Labute approximate surface area is 242 Å². The predicted octanol–water partition coefficient (Wildman–Crippen LogP) is 5.02. The van der Waals surface area contributed by atoms with E-state index < -0.39 is 10.0 Å². The molecule has 3 N–H and O–H groups in total. The fourth-order valence-corrected chi connectivity index (χ4v) is 6.78. The summed E-state index contributed by atoms with van der Waals surface area (Å²) in [6, 6.07) is 14.0. The van der Waals surface area contributed by atoms with E-state index >= 15 is 0 Å². The molecule has 10 heteroatoms. The van der Waals surface area contributed by atoms with E-state index in [1.54, 1.807) is 12.1 Å². The molecule has 1 saturated heterocycles. The van der Waals surface area contributed by atoms with Crippen LogP contribution in [0.15, 0.2) is 53.6 Å². The number of benzene rings is 2.